The van der Waals surface area contributed by atoms with Gasteiger partial charge in [-0.25, -0.2) is 4.98 Å². The van der Waals surface area contributed by atoms with Crippen LogP contribution in [0.4, 0.5) is 5.82 Å². The van der Waals surface area contributed by atoms with E-state index in [4.69, 9.17) is 28.9 Å². The van der Waals surface area contributed by atoms with Crippen LogP contribution in [0.15, 0.2) is 34.9 Å². The van der Waals surface area contributed by atoms with Gasteiger partial charge in [0.1, 0.15) is 11.9 Å². The molecule has 2 aromatic rings. The van der Waals surface area contributed by atoms with Crippen LogP contribution in [0.3, 0.4) is 0 Å². The molecule has 0 amide bonds. The third-order valence-electron chi connectivity index (χ3n) is 2.46. The summed E-state index contributed by atoms with van der Waals surface area (Å²) in [5.41, 5.74) is 6.80. The second-order valence-corrected chi connectivity index (χ2v) is 5.42. The molecule has 18 heavy (non-hydrogen) atoms. The van der Waals surface area contributed by atoms with Crippen molar-refractivity contribution in [1.29, 1.82) is 0 Å². The first-order valence-corrected chi connectivity index (χ1v) is 6.58. The molecule has 94 valence electrons. The Morgan fingerprint density at radius 3 is 2.56 bits per heavy atom. The smallest absolute Gasteiger partial charge is 0.129 e. The van der Waals surface area contributed by atoms with E-state index in [0.717, 1.165) is 4.47 Å². The highest BCUT2D eigenvalue weighted by atomic mass is 79.9. The number of rotatable bonds is 2. The van der Waals surface area contributed by atoms with Crippen molar-refractivity contribution >= 4 is 44.9 Å². The van der Waals surface area contributed by atoms with Crippen LogP contribution in [0, 0.1) is 0 Å². The van der Waals surface area contributed by atoms with Crippen LogP contribution < -0.4 is 5.73 Å². The van der Waals surface area contributed by atoms with E-state index in [1.54, 1.807) is 24.3 Å². The Bertz CT molecular complexity index is 541. The Morgan fingerprint density at radius 2 is 1.83 bits per heavy atom. The van der Waals surface area contributed by atoms with E-state index in [0.29, 0.717) is 21.2 Å². The van der Waals surface area contributed by atoms with Gasteiger partial charge in [-0.1, -0.05) is 39.1 Å². The second kappa shape index (κ2) is 5.45. The van der Waals surface area contributed by atoms with Gasteiger partial charge in [0.15, 0.2) is 0 Å². The van der Waals surface area contributed by atoms with Crippen LogP contribution in [0.25, 0.3) is 0 Å². The molecule has 3 nitrogen and oxygen atoms in total. The van der Waals surface area contributed by atoms with E-state index < -0.39 is 6.10 Å². The fraction of sp³-hybridized carbons (Fsp3) is 0.0833. The summed E-state index contributed by atoms with van der Waals surface area (Å²) in [5.74, 6) is 0.235. The zero-order chi connectivity index (χ0) is 13.3. The van der Waals surface area contributed by atoms with Gasteiger partial charge in [0.25, 0.3) is 0 Å². The lowest BCUT2D eigenvalue weighted by molar-refractivity contribution is 0.220. The van der Waals surface area contributed by atoms with Gasteiger partial charge < -0.3 is 10.8 Å². The molecule has 0 aliphatic carbocycles. The molecular formula is C12H9BrCl2N2O. The largest absolute Gasteiger partial charge is 0.383 e. The standard InChI is InChI=1S/C12H9BrCl2N2O/c13-10-2-1-6(14)3-8(10)11(18)9-4-7(15)5-17-12(9)16/h1-5,11,18H,(H2,16,17). The van der Waals surface area contributed by atoms with Crippen molar-refractivity contribution < 1.29 is 5.11 Å². The monoisotopic (exact) mass is 346 g/mol. The van der Waals surface area contributed by atoms with Gasteiger partial charge in [-0.2, -0.15) is 0 Å². The van der Waals surface area contributed by atoms with E-state index in [9.17, 15) is 5.11 Å². The van der Waals surface area contributed by atoms with E-state index in [-0.39, 0.29) is 5.82 Å². The Labute approximate surface area is 123 Å². The summed E-state index contributed by atoms with van der Waals surface area (Å²) < 4.78 is 0.735. The predicted molar refractivity (Wildman–Crippen MR) is 76.9 cm³/mol. The molecular weight excluding hydrogens is 339 g/mol. The third kappa shape index (κ3) is 2.78. The summed E-state index contributed by atoms with van der Waals surface area (Å²) >= 11 is 15.1. The molecule has 1 unspecified atom stereocenters. The molecule has 1 aromatic heterocycles. The molecule has 2 rings (SSSR count). The van der Waals surface area contributed by atoms with Gasteiger partial charge >= 0.3 is 0 Å². The first-order chi connectivity index (χ1) is 8.49. The highest BCUT2D eigenvalue weighted by molar-refractivity contribution is 9.10. The number of nitrogens with two attached hydrogens (primary N) is 1. The summed E-state index contributed by atoms with van der Waals surface area (Å²) in [5, 5.41) is 11.3. The molecule has 0 spiro atoms. The first kappa shape index (κ1) is 13.6. The number of hydrogen-bond donors (Lipinski definition) is 2. The van der Waals surface area contributed by atoms with Crippen LogP contribution >= 0.6 is 39.1 Å². The van der Waals surface area contributed by atoms with Gasteiger partial charge in [0.05, 0.1) is 5.02 Å². The van der Waals surface area contributed by atoms with E-state index in [2.05, 4.69) is 20.9 Å². The highest BCUT2D eigenvalue weighted by Crippen LogP contribution is 2.33. The quantitative estimate of drug-likeness (QED) is 0.868. The van der Waals surface area contributed by atoms with Gasteiger partial charge in [0, 0.05) is 26.8 Å². The molecule has 0 saturated carbocycles. The van der Waals surface area contributed by atoms with Crippen molar-refractivity contribution in [2.75, 3.05) is 5.73 Å². The van der Waals surface area contributed by atoms with Crippen LogP contribution in [-0.4, -0.2) is 10.1 Å². The number of nitrogens with zero attached hydrogens (tertiary/aromatic N) is 1. The van der Waals surface area contributed by atoms with Crippen molar-refractivity contribution in [2.24, 2.45) is 0 Å². The lowest BCUT2D eigenvalue weighted by Crippen LogP contribution is -2.06. The first-order valence-electron chi connectivity index (χ1n) is 5.03. The van der Waals surface area contributed by atoms with Crippen LogP contribution in [0.2, 0.25) is 10.0 Å². The van der Waals surface area contributed by atoms with Crippen LogP contribution in [0.5, 0.6) is 0 Å². The lowest BCUT2D eigenvalue weighted by Gasteiger charge is -2.15. The maximum atomic E-state index is 10.3. The van der Waals surface area contributed by atoms with Gasteiger partial charge in [-0.05, 0) is 24.3 Å². The van der Waals surface area contributed by atoms with E-state index in [1.807, 2.05) is 0 Å². The molecule has 1 heterocycles. The average molecular weight is 348 g/mol. The van der Waals surface area contributed by atoms with Crippen molar-refractivity contribution in [1.82, 2.24) is 4.98 Å². The van der Waals surface area contributed by atoms with Gasteiger partial charge in [0.2, 0.25) is 0 Å². The molecule has 0 radical (unpaired) electrons. The van der Waals surface area contributed by atoms with E-state index >= 15 is 0 Å². The minimum absolute atomic E-state index is 0.235. The average Bonchev–Trinajstić information content (AvgIpc) is 2.34. The number of pyridine rings is 1. The lowest BCUT2D eigenvalue weighted by atomic mass is 10.0. The molecule has 3 N–H and O–H groups in total. The van der Waals surface area contributed by atoms with E-state index in [1.165, 1.54) is 6.20 Å². The van der Waals surface area contributed by atoms with Crippen molar-refractivity contribution in [3.63, 3.8) is 0 Å². The number of nitrogen functional groups attached to an aromatic ring is 1. The minimum Gasteiger partial charge on any atom is -0.383 e. The zero-order valence-corrected chi connectivity index (χ0v) is 12.2. The number of aliphatic hydroxyl groups excluding tert-OH is 1. The number of benzene rings is 1. The molecule has 6 heteroatoms. The maximum absolute atomic E-state index is 10.3. The van der Waals surface area contributed by atoms with Crippen LogP contribution in [0.1, 0.15) is 17.2 Å². The van der Waals surface area contributed by atoms with Crippen LogP contribution in [-0.2, 0) is 0 Å². The fourth-order valence-corrected chi connectivity index (χ4v) is 2.39. The number of halogens is 3. The SMILES string of the molecule is Nc1ncc(Cl)cc1C(O)c1cc(Cl)ccc1Br. The molecule has 0 aliphatic rings. The molecule has 0 saturated heterocycles. The summed E-state index contributed by atoms with van der Waals surface area (Å²) in [4.78, 5) is 3.91. The Morgan fingerprint density at radius 1 is 1.17 bits per heavy atom. The summed E-state index contributed by atoms with van der Waals surface area (Å²) in [6, 6.07) is 6.73. The predicted octanol–water partition coefficient (Wildman–Crippen LogP) is 3.81. The summed E-state index contributed by atoms with van der Waals surface area (Å²) in [6.07, 6.45) is 0.490. The topological polar surface area (TPSA) is 59.1 Å². The number of anilines is 1. The zero-order valence-electron chi connectivity index (χ0n) is 9.07. The molecule has 1 aromatic carbocycles. The number of aliphatic hydroxyl groups is 1. The van der Waals surface area contributed by atoms with Crippen molar-refractivity contribution in [2.45, 2.75) is 6.10 Å². The molecule has 0 bridgehead atoms. The fourth-order valence-electron chi connectivity index (χ4n) is 1.58. The maximum Gasteiger partial charge on any atom is 0.129 e. The Balaban J connectivity index is 2.50. The van der Waals surface area contributed by atoms with Crippen molar-refractivity contribution in [3.8, 4) is 0 Å². The summed E-state index contributed by atoms with van der Waals surface area (Å²) in [7, 11) is 0. The summed E-state index contributed by atoms with van der Waals surface area (Å²) in [6.45, 7) is 0. The van der Waals surface area contributed by atoms with Gasteiger partial charge in [-0.3, -0.25) is 0 Å². The second-order valence-electron chi connectivity index (χ2n) is 3.70. The Hall–Kier alpha value is -0.810. The molecule has 1 atom stereocenters. The third-order valence-corrected chi connectivity index (χ3v) is 3.63. The molecule has 0 fully saturated rings. The number of hydrogen-bond acceptors (Lipinski definition) is 3. The van der Waals surface area contributed by atoms with Gasteiger partial charge in [-0.15, -0.1) is 0 Å². The highest BCUT2D eigenvalue weighted by Gasteiger charge is 2.18. The normalized spacial score (nSPS) is 12.4. The number of aromatic nitrogens is 1. The molecule has 0 aliphatic heterocycles. The minimum atomic E-state index is -0.940. The Kier molecular flexibility index (Phi) is 4.12. The van der Waals surface area contributed by atoms with Crippen molar-refractivity contribution in [3.05, 3.63) is 56.1 Å².